The average molecular weight is 355 g/mol. The zero-order valence-electron chi connectivity index (χ0n) is 12.5. The van der Waals surface area contributed by atoms with Gasteiger partial charge in [-0.25, -0.2) is 4.68 Å². The Hall–Kier alpha value is -0.880. The number of hydrogen-bond donors (Lipinski definition) is 1. The molecule has 1 saturated heterocycles. The molecule has 1 aromatic heterocycles. The van der Waals surface area contributed by atoms with Crippen molar-refractivity contribution in [2.75, 3.05) is 25.0 Å². The van der Waals surface area contributed by atoms with Gasteiger partial charge in [0.2, 0.25) is 0 Å². The molecular formula is C15H23BrN4O. The van der Waals surface area contributed by atoms with Crippen LogP contribution >= 0.6 is 15.9 Å². The number of piperidine rings is 1. The lowest BCUT2D eigenvalue weighted by Crippen LogP contribution is -2.44. The second-order valence-electron chi connectivity index (χ2n) is 6.18. The normalized spacial score (nSPS) is 20.6. The Labute approximate surface area is 133 Å². The summed E-state index contributed by atoms with van der Waals surface area (Å²) in [6.07, 6.45) is 7.68. The molecule has 0 unspecified atom stereocenters. The van der Waals surface area contributed by atoms with E-state index in [0.717, 1.165) is 42.6 Å². The maximum atomic E-state index is 12.7. The molecule has 6 heteroatoms. The van der Waals surface area contributed by atoms with E-state index in [1.807, 2.05) is 7.05 Å². The van der Waals surface area contributed by atoms with Gasteiger partial charge in [-0.15, -0.1) is 0 Å². The second kappa shape index (κ2) is 6.48. The van der Waals surface area contributed by atoms with Gasteiger partial charge in [0, 0.05) is 25.7 Å². The highest BCUT2D eigenvalue weighted by atomic mass is 79.9. The molecule has 0 amide bonds. The summed E-state index contributed by atoms with van der Waals surface area (Å²) < 4.78 is 2.48. The molecule has 1 aliphatic heterocycles. The predicted octanol–water partition coefficient (Wildman–Crippen LogP) is 1.99. The van der Waals surface area contributed by atoms with Crippen LogP contribution in [0.2, 0.25) is 0 Å². The Morgan fingerprint density at radius 1 is 1.33 bits per heavy atom. The number of aromatic nitrogens is 2. The van der Waals surface area contributed by atoms with Crippen molar-refractivity contribution in [3.63, 3.8) is 0 Å². The van der Waals surface area contributed by atoms with Crippen LogP contribution in [0.4, 0.5) is 5.69 Å². The van der Waals surface area contributed by atoms with E-state index >= 15 is 0 Å². The van der Waals surface area contributed by atoms with Crippen molar-refractivity contribution in [1.82, 2.24) is 15.1 Å². The fourth-order valence-corrected chi connectivity index (χ4v) is 3.70. The largest absolute Gasteiger partial charge is 0.366 e. The number of nitrogens with zero attached hydrogens (tertiary/aromatic N) is 3. The molecule has 2 fully saturated rings. The van der Waals surface area contributed by atoms with Gasteiger partial charge in [-0.2, -0.15) is 5.10 Å². The van der Waals surface area contributed by atoms with Crippen LogP contribution in [0.1, 0.15) is 32.1 Å². The summed E-state index contributed by atoms with van der Waals surface area (Å²) in [7, 11) is 2.01. The summed E-state index contributed by atoms with van der Waals surface area (Å²) in [5.41, 5.74) is 0.845. The first-order valence-electron chi connectivity index (χ1n) is 7.87. The van der Waals surface area contributed by atoms with Gasteiger partial charge in [-0.1, -0.05) is 6.42 Å². The summed E-state index contributed by atoms with van der Waals surface area (Å²) in [4.78, 5) is 14.9. The van der Waals surface area contributed by atoms with E-state index in [-0.39, 0.29) is 5.56 Å². The van der Waals surface area contributed by atoms with E-state index in [9.17, 15) is 4.79 Å². The van der Waals surface area contributed by atoms with E-state index in [4.69, 9.17) is 0 Å². The third-order valence-electron chi connectivity index (χ3n) is 4.85. The first-order valence-corrected chi connectivity index (χ1v) is 8.66. The quantitative estimate of drug-likeness (QED) is 0.898. The van der Waals surface area contributed by atoms with Crippen molar-refractivity contribution in [3.05, 3.63) is 21.0 Å². The first-order chi connectivity index (χ1) is 10.2. The smallest absolute Gasteiger partial charge is 0.291 e. The number of halogens is 1. The van der Waals surface area contributed by atoms with E-state index in [1.54, 1.807) is 10.9 Å². The van der Waals surface area contributed by atoms with E-state index in [2.05, 4.69) is 31.2 Å². The molecule has 0 aromatic carbocycles. The number of anilines is 1. The predicted molar refractivity (Wildman–Crippen MR) is 87.8 cm³/mol. The standard InChI is InChI=1S/C15H23BrN4O/c1-17-12-5-7-19(8-6-12)14-13(16)9-18-20(15(14)21)10-11-3-2-4-11/h9,11-12,17H,2-8,10H2,1H3. The van der Waals surface area contributed by atoms with Crippen LogP contribution < -0.4 is 15.8 Å². The molecule has 116 valence electrons. The van der Waals surface area contributed by atoms with Crippen molar-refractivity contribution in [2.24, 2.45) is 5.92 Å². The van der Waals surface area contributed by atoms with Crippen molar-refractivity contribution in [2.45, 2.75) is 44.7 Å². The van der Waals surface area contributed by atoms with Gasteiger partial charge in [0.05, 0.1) is 10.7 Å². The second-order valence-corrected chi connectivity index (χ2v) is 7.03. The molecule has 0 spiro atoms. The van der Waals surface area contributed by atoms with Crippen LogP contribution in [-0.2, 0) is 6.54 Å². The van der Waals surface area contributed by atoms with Crippen molar-refractivity contribution < 1.29 is 0 Å². The lowest BCUT2D eigenvalue weighted by molar-refractivity contribution is 0.261. The summed E-state index contributed by atoms with van der Waals surface area (Å²) in [5, 5.41) is 7.63. The molecule has 0 atom stereocenters. The zero-order chi connectivity index (χ0) is 14.8. The molecule has 3 rings (SSSR count). The van der Waals surface area contributed by atoms with Crippen molar-refractivity contribution in [3.8, 4) is 0 Å². The minimum Gasteiger partial charge on any atom is -0.366 e. The Kier molecular flexibility index (Phi) is 4.64. The highest BCUT2D eigenvalue weighted by molar-refractivity contribution is 9.10. The molecule has 2 heterocycles. The first kappa shape index (κ1) is 15.0. The van der Waals surface area contributed by atoms with Crippen LogP contribution in [0.15, 0.2) is 15.5 Å². The molecule has 21 heavy (non-hydrogen) atoms. The van der Waals surface area contributed by atoms with Crippen molar-refractivity contribution >= 4 is 21.6 Å². The molecule has 1 aromatic rings. The summed E-state index contributed by atoms with van der Waals surface area (Å²) in [6.45, 7) is 2.62. The van der Waals surface area contributed by atoms with Crippen LogP contribution in [-0.4, -0.2) is 36.0 Å². The third-order valence-corrected chi connectivity index (χ3v) is 5.43. The monoisotopic (exact) mass is 354 g/mol. The van der Waals surface area contributed by atoms with Crippen LogP contribution in [0.3, 0.4) is 0 Å². The third kappa shape index (κ3) is 3.16. The summed E-state index contributed by atoms with van der Waals surface area (Å²) in [6, 6.07) is 0.569. The van der Waals surface area contributed by atoms with Gasteiger partial charge >= 0.3 is 0 Å². The summed E-state index contributed by atoms with van der Waals surface area (Å²) >= 11 is 3.51. The molecule has 0 radical (unpaired) electrons. The molecule has 1 aliphatic carbocycles. The molecule has 0 bridgehead atoms. The van der Waals surface area contributed by atoms with Crippen LogP contribution in [0, 0.1) is 5.92 Å². The molecule has 5 nitrogen and oxygen atoms in total. The highest BCUT2D eigenvalue weighted by Gasteiger charge is 2.24. The van der Waals surface area contributed by atoms with Gasteiger partial charge in [-0.05, 0) is 54.6 Å². The Morgan fingerprint density at radius 3 is 2.62 bits per heavy atom. The van der Waals surface area contributed by atoms with Crippen molar-refractivity contribution in [1.29, 1.82) is 0 Å². The Bertz CT molecular complexity index is 547. The van der Waals surface area contributed by atoms with Gasteiger partial charge < -0.3 is 10.2 Å². The minimum atomic E-state index is 0.0548. The molecule has 1 saturated carbocycles. The highest BCUT2D eigenvalue weighted by Crippen LogP contribution is 2.28. The summed E-state index contributed by atoms with van der Waals surface area (Å²) in [5.74, 6) is 0.638. The van der Waals surface area contributed by atoms with E-state index in [0.29, 0.717) is 12.0 Å². The van der Waals surface area contributed by atoms with Crippen LogP contribution in [0.5, 0.6) is 0 Å². The van der Waals surface area contributed by atoms with Gasteiger partial charge in [-0.3, -0.25) is 4.79 Å². The van der Waals surface area contributed by atoms with Gasteiger partial charge in [0.25, 0.3) is 5.56 Å². The SMILES string of the molecule is CNC1CCN(c2c(Br)cnn(CC3CCC3)c2=O)CC1. The molecule has 2 aliphatic rings. The molecular weight excluding hydrogens is 332 g/mol. The minimum absolute atomic E-state index is 0.0548. The fourth-order valence-electron chi connectivity index (χ4n) is 3.19. The lowest BCUT2D eigenvalue weighted by atomic mass is 9.85. The fraction of sp³-hybridized carbons (Fsp3) is 0.733. The average Bonchev–Trinajstić information content (AvgIpc) is 2.45. The molecule has 1 N–H and O–H groups in total. The lowest BCUT2D eigenvalue weighted by Gasteiger charge is -2.33. The van der Waals surface area contributed by atoms with Gasteiger partial charge in [0.15, 0.2) is 0 Å². The number of nitrogens with one attached hydrogen (secondary N) is 1. The zero-order valence-corrected chi connectivity index (χ0v) is 14.1. The Balaban J connectivity index is 1.80. The Morgan fingerprint density at radius 2 is 2.05 bits per heavy atom. The van der Waals surface area contributed by atoms with Crippen LogP contribution in [0.25, 0.3) is 0 Å². The maximum absolute atomic E-state index is 12.7. The van der Waals surface area contributed by atoms with Gasteiger partial charge in [0.1, 0.15) is 5.69 Å². The number of rotatable bonds is 4. The van der Waals surface area contributed by atoms with E-state index < -0.39 is 0 Å². The van der Waals surface area contributed by atoms with E-state index in [1.165, 1.54) is 19.3 Å². The number of hydrogen-bond acceptors (Lipinski definition) is 4. The maximum Gasteiger partial charge on any atom is 0.291 e. The topological polar surface area (TPSA) is 50.2 Å².